The molecular weight excluding hydrogens is 478 g/mol. The van der Waals surface area contributed by atoms with Crippen LogP contribution >= 0.6 is 11.5 Å². The van der Waals surface area contributed by atoms with Gasteiger partial charge in [0.2, 0.25) is 5.75 Å². The molecule has 10 heteroatoms. The Balaban J connectivity index is 0.00000408. The van der Waals surface area contributed by atoms with Gasteiger partial charge < -0.3 is 42.4 Å². The second kappa shape index (κ2) is 11.9. The number of carbonyl (C=O) groups excluding carboxylic acids is 1. The van der Waals surface area contributed by atoms with Crippen molar-refractivity contribution >= 4 is 23.1 Å². The summed E-state index contributed by atoms with van der Waals surface area (Å²) in [5.74, 6) is 2.17. The summed E-state index contributed by atoms with van der Waals surface area (Å²) in [4.78, 5) is 13.6. The van der Waals surface area contributed by atoms with E-state index in [9.17, 15) is 4.79 Å². The molecule has 4 N–H and O–H groups in total. The standard InChI is InChI=1S/C24H29N3O5S.ClH/c1-13(2)21(25)24(28)27-17-9-14(7-8-18(17)29-3)16-12-26-33-23(16)15-10-19(30-4)22(32-6)20(11-15)31-5;/h7-13,21H,25H2,1-6H3,(H,27,28);1H/t21-;/m0./s1. The van der Waals surface area contributed by atoms with Gasteiger partial charge in [0, 0.05) is 23.2 Å². The van der Waals surface area contributed by atoms with Crippen molar-refractivity contribution in [1.82, 2.24) is 4.37 Å². The molecule has 0 bridgehead atoms. The number of rotatable bonds is 9. The van der Waals surface area contributed by atoms with Crippen LogP contribution in [0, 0.1) is 5.92 Å². The lowest BCUT2D eigenvalue weighted by Crippen LogP contribution is -3.00. The number of methoxy groups -OCH3 is 4. The Labute approximate surface area is 209 Å². The van der Waals surface area contributed by atoms with Crippen molar-refractivity contribution in [3.63, 3.8) is 0 Å². The lowest BCUT2D eigenvalue weighted by molar-refractivity contribution is -0.412. The Hall–Kier alpha value is -3.01. The summed E-state index contributed by atoms with van der Waals surface area (Å²) in [7, 11) is 6.31. The van der Waals surface area contributed by atoms with Gasteiger partial charge >= 0.3 is 0 Å². The molecule has 0 spiro atoms. The number of hydrogen-bond acceptors (Lipinski definition) is 7. The molecule has 2 aromatic carbocycles. The zero-order chi connectivity index (χ0) is 24.1. The molecule has 1 atom stereocenters. The highest BCUT2D eigenvalue weighted by Crippen LogP contribution is 2.45. The van der Waals surface area contributed by atoms with Crippen molar-refractivity contribution in [3.05, 3.63) is 36.5 Å². The molecule has 0 aliphatic rings. The molecule has 0 saturated heterocycles. The van der Waals surface area contributed by atoms with Gasteiger partial charge in [0.25, 0.3) is 5.91 Å². The topological polar surface area (TPSA) is 107 Å². The Morgan fingerprint density at radius 2 is 1.56 bits per heavy atom. The molecule has 0 aliphatic heterocycles. The number of aromatic nitrogens is 1. The molecule has 0 fully saturated rings. The minimum absolute atomic E-state index is 0. The molecule has 0 radical (unpaired) electrons. The van der Waals surface area contributed by atoms with Gasteiger partial charge in [-0.15, -0.1) is 0 Å². The van der Waals surface area contributed by atoms with Gasteiger partial charge in [-0.05, 0) is 41.4 Å². The number of quaternary nitrogens is 1. The van der Waals surface area contributed by atoms with Crippen molar-refractivity contribution in [2.24, 2.45) is 5.92 Å². The number of nitrogens with zero attached hydrogens (tertiary/aromatic N) is 1. The average Bonchev–Trinajstić information content (AvgIpc) is 3.32. The number of nitrogens with one attached hydrogen (secondary N) is 1. The Morgan fingerprint density at radius 3 is 2.09 bits per heavy atom. The van der Waals surface area contributed by atoms with Crippen LogP contribution in [0.25, 0.3) is 21.6 Å². The van der Waals surface area contributed by atoms with Crippen LogP contribution < -0.4 is 42.4 Å². The van der Waals surface area contributed by atoms with Crippen LogP contribution in [0.2, 0.25) is 0 Å². The zero-order valence-electron chi connectivity index (χ0n) is 20.1. The van der Waals surface area contributed by atoms with E-state index >= 15 is 0 Å². The first kappa shape index (κ1) is 27.2. The smallest absolute Gasteiger partial charge is 0.282 e. The van der Waals surface area contributed by atoms with Crippen LogP contribution in [0.3, 0.4) is 0 Å². The number of anilines is 1. The monoisotopic (exact) mass is 507 g/mol. The molecule has 34 heavy (non-hydrogen) atoms. The molecule has 1 heterocycles. The van der Waals surface area contributed by atoms with Crippen LogP contribution in [-0.2, 0) is 4.79 Å². The summed E-state index contributed by atoms with van der Waals surface area (Å²) < 4.78 is 26.3. The van der Waals surface area contributed by atoms with Gasteiger partial charge in [0.15, 0.2) is 17.5 Å². The third-order valence-corrected chi connectivity index (χ3v) is 6.26. The van der Waals surface area contributed by atoms with Gasteiger partial charge in [-0.3, -0.25) is 4.79 Å². The van der Waals surface area contributed by atoms with E-state index in [-0.39, 0.29) is 30.3 Å². The summed E-state index contributed by atoms with van der Waals surface area (Å²) in [5, 5.41) is 2.96. The van der Waals surface area contributed by atoms with Crippen LogP contribution in [0.4, 0.5) is 5.69 Å². The zero-order valence-corrected chi connectivity index (χ0v) is 21.7. The Kier molecular flexibility index (Phi) is 9.55. The lowest BCUT2D eigenvalue weighted by atomic mass is 10.0. The maximum Gasteiger partial charge on any atom is 0.282 e. The van der Waals surface area contributed by atoms with Crippen molar-refractivity contribution in [2.45, 2.75) is 19.9 Å². The van der Waals surface area contributed by atoms with E-state index in [1.54, 1.807) is 34.6 Å². The van der Waals surface area contributed by atoms with Gasteiger partial charge in [0.05, 0.1) is 39.0 Å². The van der Waals surface area contributed by atoms with Gasteiger partial charge in [-0.1, -0.05) is 19.9 Å². The highest BCUT2D eigenvalue weighted by Gasteiger charge is 2.23. The van der Waals surface area contributed by atoms with Gasteiger partial charge in [-0.2, -0.15) is 4.37 Å². The molecule has 0 aliphatic carbocycles. The number of benzene rings is 2. The van der Waals surface area contributed by atoms with E-state index in [1.165, 1.54) is 11.5 Å². The van der Waals surface area contributed by atoms with E-state index in [4.69, 9.17) is 18.9 Å². The second-order valence-electron chi connectivity index (χ2n) is 7.74. The summed E-state index contributed by atoms with van der Waals surface area (Å²) in [6.45, 7) is 3.93. The number of ether oxygens (including phenoxy) is 4. The van der Waals surface area contributed by atoms with E-state index in [1.807, 2.05) is 44.2 Å². The molecule has 3 rings (SSSR count). The fourth-order valence-electron chi connectivity index (χ4n) is 3.37. The van der Waals surface area contributed by atoms with E-state index in [0.717, 1.165) is 21.6 Å². The molecule has 0 saturated carbocycles. The molecule has 184 valence electrons. The first-order valence-electron chi connectivity index (χ1n) is 10.4. The first-order valence-corrected chi connectivity index (χ1v) is 11.2. The SMILES string of the molecule is COc1ccc(-c2cnsc2-c2cc(OC)c(OC)c(OC)c2)cc1NC(=O)[C@@H]([NH3+])C(C)C.[Cl-]. The summed E-state index contributed by atoms with van der Waals surface area (Å²) in [5.41, 5.74) is 7.21. The number of amides is 1. The van der Waals surface area contributed by atoms with Crippen LogP contribution in [-0.4, -0.2) is 44.8 Å². The minimum atomic E-state index is -0.379. The highest BCUT2D eigenvalue weighted by molar-refractivity contribution is 7.10. The molecular formula is C24H30ClN3O5S. The molecule has 8 nitrogen and oxygen atoms in total. The Morgan fingerprint density at radius 1 is 0.941 bits per heavy atom. The van der Waals surface area contributed by atoms with Crippen LogP contribution in [0.5, 0.6) is 23.0 Å². The molecule has 3 aromatic rings. The molecule has 0 unspecified atom stereocenters. The third-order valence-electron chi connectivity index (χ3n) is 5.41. The predicted molar refractivity (Wildman–Crippen MR) is 129 cm³/mol. The van der Waals surface area contributed by atoms with Gasteiger partial charge in [-0.25, -0.2) is 0 Å². The lowest BCUT2D eigenvalue weighted by Gasteiger charge is -2.16. The van der Waals surface area contributed by atoms with Gasteiger partial charge in [0.1, 0.15) is 5.75 Å². The number of carbonyl (C=O) groups is 1. The fourth-order valence-corrected chi connectivity index (χ4v) is 4.12. The fraction of sp³-hybridized carbons (Fsp3) is 0.333. The van der Waals surface area contributed by atoms with Crippen molar-refractivity contribution in [1.29, 1.82) is 0 Å². The first-order chi connectivity index (χ1) is 15.8. The third kappa shape index (κ3) is 5.55. The van der Waals surface area contributed by atoms with Crippen molar-refractivity contribution in [3.8, 4) is 44.6 Å². The van der Waals surface area contributed by atoms with E-state index < -0.39 is 0 Å². The summed E-state index contributed by atoms with van der Waals surface area (Å²) in [6.07, 6.45) is 1.80. The predicted octanol–water partition coefficient (Wildman–Crippen LogP) is 0.721. The molecule has 1 amide bonds. The number of hydrogen-bond donors (Lipinski definition) is 2. The van der Waals surface area contributed by atoms with Crippen molar-refractivity contribution in [2.75, 3.05) is 33.8 Å². The quantitative estimate of drug-likeness (QED) is 0.442. The normalized spacial score (nSPS) is 11.4. The second-order valence-corrected chi connectivity index (χ2v) is 8.54. The average molecular weight is 508 g/mol. The summed E-state index contributed by atoms with van der Waals surface area (Å²) >= 11 is 1.36. The van der Waals surface area contributed by atoms with E-state index in [2.05, 4.69) is 15.4 Å². The van der Waals surface area contributed by atoms with Crippen molar-refractivity contribution < 1.29 is 41.9 Å². The summed E-state index contributed by atoms with van der Waals surface area (Å²) in [6, 6.07) is 9.05. The highest BCUT2D eigenvalue weighted by atomic mass is 35.5. The molecule has 1 aromatic heterocycles. The van der Waals surface area contributed by atoms with Crippen LogP contribution in [0.15, 0.2) is 36.5 Å². The van der Waals surface area contributed by atoms with E-state index in [0.29, 0.717) is 28.7 Å². The maximum absolute atomic E-state index is 12.6. The largest absolute Gasteiger partial charge is 1.00 e. The minimum Gasteiger partial charge on any atom is -1.00 e. The maximum atomic E-state index is 12.6. The Bertz CT molecular complexity index is 1110. The number of halogens is 1. The van der Waals surface area contributed by atoms with Crippen LogP contribution in [0.1, 0.15) is 13.8 Å².